The summed E-state index contributed by atoms with van der Waals surface area (Å²) in [5.41, 5.74) is 6.90. The summed E-state index contributed by atoms with van der Waals surface area (Å²) in [6.07, 6.45) is 0.784. The van der Waals surface area contributed by atoms with Gasteiger partial charge in [-0.2, -0.15) is 0 Å². The van der Waals surface area contributed by atoms with Gasteiger partial charge in [-0.3, -0.25) is 0 Å². The van der Waals surface area contributed by atoms with Crippen molar-refractivity contribution >= 4 is 0 Å². The normalized spacial score (nSPS) is 12.2. The Balaban J connectivity index is 2.79. The Morgan fingerprint density at radius 2 is 2.00 bits per heavy atom. The number of rotatable bonds is 7. The van der Waals surface area contributed by atoms with Crippen LogP contribution in [0.5, 0.6) is 11.5 Å². The van der Waals surface area contributed by atoms with Crippen LogP contribution in [-0.2, 0) is 11.2 Å². The number of nitrogens with two attached hydrogens (primary N) is 1. The lowest BCUT2D eigenvalue weighted by atomic mass is 10.1. The molecule has 0 aliphatic rings. The first-order valence-corrected chi connectivity index (χ1v) is 5.71. The molecule has 0 bridgehead atoms. The summed E-state index contributed by atoms with van der Waals surface area (Å²) in [5.74, 6) is 1.60. The summed E-state index contributed by atoms with van der Waals surface area (Å²) in [6, 6.07) is 5.90. The van der Waals surface area contributed by atoms with Crippen LogP contribution in [0.4, 0.5) is 0 Å². The number of benzene rings is 1. The molecule has 1 atom stereocenters. The third kappa shape index (κ3) is 4.63. The maximum Gasteiger partial charge on any atom is 0.126 e. The number of hydrogen-bond acceptors (Lipinski definition) is 4. The van der Waals surface area contributed by atoms with Crippen LogP contribution in [0.15, 0.2) is 18.2 Å². The molecule has 0 fully saturated rings. The highest BCUT2D eigenvalue weighted by Crippen LogP contribution is 2.25. The lowest BCUT2D eigenvalue weighted by Crippen LogP contribution is -2.18. The molecule has 0 radical (unpaired) electrons. The van der Waals surface area contributed by atoms with Crippen molar-refractivity contribution in [2.24, 2.45) is 5.73 Å². The molecular weight excluding hydrogens is 218 g/mol. The summed E-state index contributed by atoms with van der Waals surface area (Å²) in [4.78, 5) is 0. The Kier molecular flexibility index (Phi) is 5.80. The van der Waals surface area contributed by atoms with Crippen molar-refractivity contribution in [2.75, 3.05) is 27.4 Å². The molecule has 2 N–H and O–H groups in total. The molecule has 1 rings (SSSR count). The van der Waals surface area contributed by atoms with E-state index in [0.29, 0.717) is 13.2 Å². The maximum atomic E-state index is 5.81. The van der Waals surface area contributed by atoms with Gasteiger partial charge in [0.15, 0.2) is 0 Å². The smallest absolute Gasteiger partial charge is 0.126 e. The molecule has 0 spiro atoms. The minimum atomic E-state index is 0.105. The monoisotopic (exact) mass is 239 g/mol. The third-order valence-electron chi connectivity index (χ3n) is 2.36. The highest BCUT2D eigenvalue weighted by atomic mass is 16.5. The van der Waals surface area contributed by atoms with Gasteiger partial charge in [0.25, 0.3) is 0 Å². The second-order valence-electron chi connectivity index (χ2n) is 4.00. The second kappa shape index (κ2) is 7.14. The van der Waals surface area contributed by atoms with Crippen LogP contribution in [0.1, 0.15) is 12.5 Å². The molecule has 0 heterocycles. The molecule has 1 unspecified atom stereocenters. The lowest BCUT2D eigenvalue weighted by molar-refractivity contribution is 0.145. The predicted molar refractivity (Wildman–Crippen MR) is 67.7 cm³/mol. The van der Waals surface area contributed by atoms with Crippen molar-refractivity contribution in [3.8, 4) is 11.5 Å². The van der Waals surface area contributed by atoms with Crippen molar-refractivity contribution < 1.29 is 14.2 Å². The zero-order chi connectivity index (χ0) is 12.7. The average Bonchev–Trinajstić information content (AvgIpc) is 2.30. The predicted octanol–water partition coefficient (Wildman–Crippen LogP) is 1.61. The van der Waals surface area contributed by atoms with Crippen molar-refractivity contribution in [3.63, 3.8) is 0 Å². The average molecular weight is 239 g/mol. The Bertz CT molecular complexity index is 339. The zero-order valence-electron chi connectivity index (χ0n) is 10.7. The minimum Gasteiger partial charge on any atom is -0.497 e. The first kappa shape index (κ1) is 13.8. The largest absolute Gasteiger partial charge is 0.497 e. The van der Waals surface area contributed by atoms with Crippen LogP contribution in [0.2, 0.25) is 0 Å². The van der Waals surface area contributed by atoms with Gasteiger partial charge in [-0.05, 0) is 25.0 Å². The first-order chi connectivity index (χ1) is 8.17. The Hall–Kier alpha value is -1.26. The molecule has 1 aromatic rings. The van der Waals surface area contributed by atoms with E-state index in [1.54, 1.807) is 14.2 Å². The molecule has 0 saturated carbocycles. The van der Waals surface area contributed by atoms with Gasteiger partial charge in [0, 0.05) is 19.2 Å². The van der Waals surface area contributed by atoms with Crippen molar-refractivity contribution in [2.45, 2.75) is 19.4 Å². The Morgan fingerprint density at radius 3 is 2.59 bits per heavy atom. The lowest BCUT2D eigenvalue weighted by Gasteiger charge is -2.14. The third-order valence-corrected chi connectivity index (χ3v) is 2.36. The minimum absolute atomic E-state index is 0.105. The molecule has 96 valence electrons. The fourth-order valence-corrected chi connectivity index (χ4v) is 1.55. The van der Waals surface area contributed by atoms with E-state index in [0.717, 1.165) is 23.5 Å². The molecule has 0 saturated heterocycles. The molecule has 4 nitrogen and oxygen atoms in total. The van der Waals surface area contributed by atoms with Gasteiger partial charge in [0.2, 0.25) is 0 Å². The van der Waals surface area contributed by atoms with Crippen molar-refractivity contribution in [1.82, 2.24) is 0 Å². The molecular formula is C13H21NO3. The van der Waals surface area contributed by atoms with Crippen molar-refractivity contribution in [1.29, 1.82) is 0 Å². The summed E-state index contributed by atoms with van der Waals surface area (Å²) in [6.45, 7) is 3.06. The molecule has 17 heavy (non-hydrogen) atoms. The highest BCUT2D eigenvalue weighted by molar-refractivity contribution is 5.41. The fourth-order valence-electron chi connectivity index (χ4n) is 1.55. The van der Waals surface area contributed by atoms with Gasteiger partial charge in [0.05, 0.1) is 13.7 Å². The topological polar surface area (TPSA) is 53.7 Å². The van der Waals surface area contributed by atoms with Crippen molar-refractivity contribution in [3.05, 3.63) is 23.8 Å². The van der Waals surface area contributed by atoms with Crippen LogP contribution in [0, 0.1) is 0 Å². The highest BCUT2D eigenvalue weighted by Gasteiger charge is 2.08. The van der Waals surface area contributed by atoms with Crippen LogP contribution in [0.25, 0.3) is 0 Å². The number of hydrogen-bond donors (Lipinski definition) is 1. The van der Waals surface area contributed by atoms with Gasteiger partial charge >= 0.3 is 0 Å². The second-order valence-corrected chi connectivity index (χ2v) is 4.00. The summed E-state index contributed by atoms with van der Waals surface area (Å²) < 4.78 is 15.8. The van der Waals surface area contributed by atoms with E-state index in [1.165, 1.54) is 0 Å². The molecule has 0 aliphatic heterocycles. The van der Waals surface area contributed by atoms with Gasteiger partial charge < -0.3 is 19.9 Å². The van der Waals surface area contributed by atoms with E-state index in [4.69, 9.17) is 19.9 Å². The van der Waals surface area contributed by atoms with Crippen LogP contribution in [-0.4, -0.2) is 33.5 Å². The van der Waals surface area contributed by atoms with E-state index in [-0.39, 0.29) is 6.04 Å². The van der Waals surface area contributed by atoms with E-state index in [9.17, 15) is 0 Å². The Labute approximate surface area is 103 Å². The standard InChI is InChI=1S/C13H21NO3/c1-10(14)8-11-4-5-12(16-3)9-13(11)17-7-6-15-2/h4-5,9-10H,6-8,14H2,1-3H3. The SMILES string of the molecule is COCCOc1cc(OC)ccc1CC(C)N. The quantitative estimate of drug-likeness (QED) is 0.734. The van der Waals surface area contributed by atoms with Crippen LogP contribution >= 0.6 is 0 Å². The maximum absolute atomic E-state index is 5.81. The van der Waals surface area contributed by atoms with Gasteiger partial charge in [-0.1, -0.05) is 6.07 Å². The van der Waals surface area contributed by atoms with Crippen LogP contribution < -0.4 is 15.2 Å². The van der Waals surface area contributed by atoms with E-state index in [2.05, 4.69) is 0 Å². The summed E-state index contributed by atoms with van der Waals surface area (Å²) in [7, 11) is 3.29. The molecule has 1 aromatic carbocycles. The molecule has 4 heteroatoms. The zero-order valence-corrected chi connectivity index (χ0v) is 10.7. The molecule has 0 aliphatic carbocycles. The number of methoxy groups -OCH3 is 2. The summed E-state index contributed by atoms with van der Waals surface area (Å²) in [5, 5.41) is 0. The van der Waals surface area contributed by atoms with Gasteiger partial charge in [-0.15, -0.1) is 0 Å². The van der Waals surface area contributed by atoms with Gasteiger partial charge in [-0.25, -0.2) is 0 Å². The fraction of sp³-hybridized carbons (Fsp3) is 0.538. The van der Waals surface area contributed by atoms with E-state index < -0.39 is 0 Å². The van der Waals surface area contributed by atoms with E-state index in [1.807, 2.05) is 25.1 Å². The van der Waals surface area contributed by atoms with E-state index >= 15 is 0 Å². The molecule has 0 amide bonds. The first-order valence-electron chi connectivity index (χ1n) is 5.71. The number of ether oxygens (including phenoxy) is 3. The molecule has 0 aromatic heterocycles. The van der Waals surface area contributed by atoms with Gasteiger partial charge in [0.1, 0.15) is 18.1 Å². The Morgan fingerprint density at radius 1 is 1.24 bits per heavy atom. The summed E-state index contributed by atoms with van der Waals surface area (Å²) >= 11 is 0. The van der Waals surface area contributed by atoms with Crippen LogP contribution in [0.3, 0.4) is 0 Å².